The Balaban J connectivity index is 1.72. The molecular weight excluding hydrogens is 625 g/mol. The Labute approximate surface area is 281 Å². The van der Waals surface area contributed by atoms with Gasteiger partial charge in [-0.1, -0.05) is 26.3 Å². The summed E-state index contributed by atoms with van der Waals surface area (Å²) in [6, 6.07) is 0. The van der Waals surface area contributed by atoms with Gasteiger partial charge in [0.15, 0.2) is 16.6 Å². The van der Waals surface area contributed by atoms with Crippen LogP contribution in [0.15, 0.2) is 23.5 Å². The van der Waals surface area contributed by atoms with Crippen molar-refractivity contribution in [3.05, 3.63) is 23.5 Å². The Kier molecular flexibility index (Phi) is 10.6. The van der Waals surface area contributed by atoms with Crippen LogP contribution in [0.3, 0.4) is 0 Å². The Morgan fingerprint density at radius 2 is 1.49 bits per heavy atom. The number of carbonyl (C=O) groups is 1. The van der Waals surface area contributed by atoms with E-state index in [0.29, 0.717) is 36.0 Å². The number of hydrogen-bond donors (Lipinski definition) is 0. The topological polar surface area (TPSA) is 54.0 Å². The van der Waals surface area contributed by atoms with Gasteiger partial charge in [0.1, 0.15) is 0 Å². The lowest BCUT2D eigenvalue weighted by atomic mass is 9.45. The van der Waals surface area contributed by atoms with E-state index < -0.39 is 33.3 Å². The molecule has 0 aromatic rings. The van der Waals surface area contributed by atoms with Gasteiger partial charge in [0.25, 0.3) is 5.97 Å². The van der Waals surface area contributed by atoms with Gasteiger partial charge in [-0.05, 0) is 170 Å². The number of hydrogen-bond acceptors (Lipinski definition) is 5. The summed E-state index contributed by atoms with van der Waals surface area (Å²) in [5, 5.41) is 0. The molecule has 9 atom stereocenters. The van der Waals surface area contributed by atoms with Crippen LogP contribution in [-0.4, -0.2) is 51.4 Å². The Morgan fingerprint density at radius 1 is 0.867 bits per heavy atom. The normalized spacial score (nSPS) is 36.2. The van der Waals surface area contributed by atoms with Crippen LogP contribution in [0.1, 0.15) is 65.7 Å². The summed E-state index contributed by atoms with van der Waals surface area (Å²) in [4.78, 5) is 12.8. The van der Waals surface area contributed by atoms with Crippen molar-refractivity contribution in [2.45, 2.75) is 156 Å². The molecule has 258 valence electrons. The molecule has 0 heterocycles. The van der Waals surface area contributed by atoms with Gasteiger partial charge in [-0.3, -0.25) is 4.79 Å². The van der Waals surface area contributed by atoms with Gasteiger partial charge < -0.3 is 17.7 Å². The monoisotopic (exact) mass is 692 g/mol. The molecule has 0 aliphatic heterocycles. The third-order valence-corrected chi connectivity index (χ3v) is 14.9. The lowest BCUT2D eigenvalue weighted by molar-refractivity contribution is -0.157. The van der Waals surface area contributed by atoms with Gasteiger partial charge in [0.2, 0.25) is 16.6 Å². The van der Waals surface area contributed by atoms with Crippen LogP contribution in [0.5, 0.6) is 0 Å². The standard InChI is InChI=1S/C36H68O5Si4/c1-25(16-19-33(37)41-45(13,14)15)28-17-18-29-34-30(24-32(36(28,29)3)40-44(10,11)12)35(2)21-20-27(38-42(4,5)6)22-26(35)23-31(34)39-43(7,8)9/h20,22,25,28-32,34H,16-19,21,23-24H2,1-15H3/t25?,28-,29?,30?,31-,32+,34?,35+,36-/m1/s1. The zero-order valence-corrected chi connectivity index (χ0v) is 35.7. The molecule has 0 amide bonds. The zero-order chi connectivity index (χ0) is 34.0. The average molecular weight is 693 g/mol. The molecular formula is C36H68O5Si4. The minimum Gasteiger partial charge on any atom is -0.545 e. The van der Waals surface area contributed by atoms with E-state index >= 15 is 0 Å². The molecule has 5 nitrogen and oxygen atoms in total. The molecule has 0 radical (unpaired) electrons. The van der Waals surface area contributed by atoms with Crippen molar-refractivity contribution in [3.8, 4) is 0 Å². The molecule has 4 rings (SSSR count). The molecule has 4 aliphatic carbocycles. The van der Waals surface area contributed by atoms with Crippen molar-refractivity contribution in [3.63, 3.8) is 0 Å². The Bertz CT molecular complexity index is 1160. The molecule has 4 unspecified atom stereocenters. The van der Waals surface area contributed by atoms with E-state index in [1.54, 1.807) is 5.57 Å². The predicted octanol–water partition coefficient (Wildman–Crippen LogP) is 10.4. The fourth-order valence-electron chi connectivity index (χ4n) is 9.78. The molecule has 3 fully saturated rings. The molecule has 45 heavy (non-hydrogen) atoms. The predicted molar refractivity (Wildman–Crippen MR) is 198 cm³/mol. The van der Waals surface area contributed by atoms with Crippen molar-refractivity contribution >= 4 is 39.2 Å². The summed E-state index contributed by atoms with van der Waals surface area (Å²) < 4.78 is 27.0. The average Bonchev–Trinajstić information content (AvgIpc) is 3.18. The molecule has 3 saturated carbocycles. The maximum atomic E-state index is 12.8. The fraction of sp³-hybridized carbons (Fsp3) is 0.861. The van der Waals surface area contributed by atoms with Crippen molar-refractivity contribution in [2.24, 2.45) is 40.4 Å². The van der Waals surface area contributed by atoms with E-state index in [1.165, 1.54) is 12.8 Å². The SMILES string of the molecule is CC(CCC(=O)O[Si](C)(C)C)[C@H]1CCC2C3C(C[C@H](O[Si](C)(C)C)[C@@]21C)[C@@]1(C)CC=C(O[Si](C)(C)C)C=C1C[C@H]3O[Si](C)(C)C. The van der Waals surface area contributed by atoms with Gasteiger partial charge in [-0.25, -0.2) is 0 Å². The van der Waals surface area contributed by atoms with Gasteiger partial charge >= 0.3 is 0 Å². The van der Waals surface area contributed by atoms with E-state index in [1.807, 2.05) is 0 Å². The summed E-state index contributed by atoms with van der Waals surface area (Å²) in [6.45, 7) is 34.9. The Morgan fingerprint density at radius 3 is 2.04 bits per heavy atom. The largest absolute Gasteiger partial charge is 0.545 e. The highest BCUT2D eigenvalue weighted by atomic mass is 28.4. The lowest BCUT2D eigenvalue weighted by Crippen LogP contribution is -2.62. The second-order valence-electron chi connectivity index (χ2n) is 19.5. The highest BCUT2D eigenvalue weighted by Crippen LogP contribution is 2.69. The second kappa shape index (κ2) is 12.8. The second-order valence-corrected chi connectivity index (χ2v) is 37.3. The van der Waals surface area contributed by atoms with Crippen molar-refractivity contribution in [1.29, 1.82) is 0 Å². The van der Waals surface area contributed by atoms with Crippen molar-refractivity contribution in [2.75, 3.05) is 0 Å². The van der Waals surface area contributed by atoms with E-state index in [0.717, 1.165) is 31.4 Å². The highest BCUT2D eigenvalue weighted by Gasteiger charge is 2.66. The number of fused-ring (bicyclic) bond motifs is 5. The Hall–Kier alpha value is -0.462. The van der Waals surface area contributed by atoms with Crippen LogP contribution in [0.4, 0.5) is 0 Å². The number of carbonyl (C=O) groups excluding carboxylic acids is 1. The molecule has 0 bridgehead atoms. The molecule has 9 heteroatoms. The van der Waals surface area contributed by atoms with E-state index in [9.17, 15) is 4.79 Å². The molecule has 4 aliphatic rings. The summed E-state index contributed by atoms with van der Waals surface area (Å²) in [5.74, 6) is 3.65. The molecule has 0 N–H and O–H groups in total. The van der Waals surface area contributed by atoms with E-state index in [2.05, 4.69) is 111 Å². The first-order valence-corrected chi connectivity index (χ1v) is 31.6. The molecule has 0 spiro atoms. The smallest absolute Gasteiger partial charge is 0.292 e. The van der Waals surface area contributed by atoms with E-state index in [4.69, 9.17) is 17.7 Å². The summed E-state index contributed by atoms with van der Waals surface area (Å²) in [5.41, 5.74) is 1.71. The maximum Gasteiger partial charge on any atom is 0.292 e. The van der Waals surface area contributed by atoms with Gasteiger partial charge in [-0.15, -0.1) is 0 Å². The minimum atomic E-state index is -1.88. The van der Waals surface area contributed by atoms with Crippen LogP contribution in [0, 0.1) is 40.4 Å². The lowest BCUT2D eigenvalue weighted by Gasteiger charge is -2.63. The third-order valence-electron chi connectivity index (χ3n) is 11.3. The van der Waals surface area contributed by atoms with Crippen LogP contribution in [0.2, 0.25) is 78.6 Å². The zero-order valence-electron chi connectivity index (χ0n) is 31.7. The van der Waals surface area contributed by atoms with Crippen LogP contribution < -0.4 is 0 Å². The van der Waals surface area contributed by atoms with Crippen molar-refractivity contribution < 1.29 is 22.5 Å². The van der Waals surface area contributed by atoms with Gasteiger partial charge in [0.05, 0.1) is 18.0 Å². The summed E-state index contributed by atoms with van der Waals surface area (Å²) in [7, 11) is -7.22. The van der Waals surface area contributed by atoms with Crippen LogP contribution in [-0.2, 0) is 22.5 Å². The number of rotatable bonds is 11. The molecule has 0 aromatic carbocycles. The summed E-state index contributed by atoms with van der Waals surface area (Å²) >= 11 is 0. The van der Waals surface area contributed by atoms with Crippen molar-refractivity contribution in [1.82, 2.24) is 0 Å². The first-order valence-electron chi connectivity index (χ1n) is 18.0. The van der Waals surface area contributed by atoms with Crippen LogP contribution in [0.25, 0.3) is 0 Å². The maximum absolute atomic E-state index is 12.8. The highest BCUT2D eigenvalue weighted by molar-refractivity contribution is 6.71. The molecule has 0 aromatic heterocycles. The number of allylic oxidation sites excluding steroid dienone is 2. The first-order chi connectivity index (χ1) is 20.3. The minimum absolute atomic E-state index is 0.00900. The molecule has 0 saturated heterocycles. The first kappa shape index (κ1) is 37.4. The van der Waals surface area contributed by atoms with E-state index in [-0.39, 0.29) is 29.0 Å². The summed E-state index contributed by atoms with van der Waals surface area (Å²) in [6.07, 6.45) is 12.3. The van der Waals surface area contributed by atoms with Gasteiger partial charge in [-0.2, -0.15) is 0 Å². The fourth-order valence-corrected chi connectivity index (χ4v) is 13.8. The quantitative estimate of drug-likeness (QED) is 0.202. The van der Waals surface area contributed by atoms with Crippen LogP contribution >= 0.6 is 0 Å². The van der Waals surface area contributed by atoms with Gasteiger partial charge in [0, 0.05) is 6.42 Å². The third kappa shape index (κ3) is 8.59.